The van der Waals surface area contributed by atoms with Crippen LogP contribution >= 0.6 is 15.9 Å². The van der Waals surface area contributed by atoms with Gasteiger partial charge in [-0.1, -0.05) is 15.9 Å². The number of hydrogen-bond acceptors (Lipinski definition) is 4. The lowest BCUT2D eigenvalue weighted by Gasteiger charge is -2.05. The molecular weight excluding hydrogens is 368 g/mol. The summed E-state index contributed by atoms with van der Waals surface area (Å²) in [5.74, 6) is 0. The molecule has 0 aliphatic heterocycles. The summed E-state index contributed by atoms with van der Waals surface area (Å²) in [4.78, 5) is -0.306. The van der Waals surface area contributed by atoms with Crippen LogP contribution in [0.1, 0.15) is 0 Å². The molecule has 0 aromatic heterocycles. The molecule has 0 spiro atoms. The fourth-order valence-electron chi connectivity index (χ4n) is 1.54. The van der Waals surface area contributed by atoms with Crippen LogP contribution in [0.25, 0.3) is 0 Å². The molecule has 0 fully saturated rings. The Bertz CT molecular complexity index is 822. The fourth-order valence-corrected chi connectivity index (χ4v) is 3.55. The minimum atomic E-state index is -4.34. The highest BCUT2D eigenvalue weighted by Gasteiger charge is 2.18. The predicted octanol–water partition coefficient (Wildman–Crippen LogP) is 2.53. The Hall–Kier alpha value is -1.22. The van der Waals surface area contributed by atoms with Crippen LogP contribution in [0.5, 0.6) is 0 Å². The summed E-state index contributed by atoms with van der Waals surface area (Å²) < 4.78 is 56.0. The minimum Gasteiger partial charge on any atom is -0.282 e. The van der Waals surface area contributed by atoms with E-state index in [1.165, 1.54) is 12.1 Å². The maximum atomic E-state index is 12.3. The molecular formula is C12H9BrO5S2. The van der Waals surface area contributed by atoms with Crippen molar-refractivity contribution in [2.45, 2.75) is 14.7 Å². The molecule has 5 nitrogen and oxygen atoms in total. The van der Waals surface area contributed by atoms with Crippen LogP contribution in [-0.2, 0) is 20.0 Å². The van der Waals surface area contributed by atoms with Gasteiger partial charge in [0, 0.05) is 4.47 Å². The molecule has 8 heteroatoms. The quantitative estimate of drug-likeness (QED) is 0.831. The first-order valence-electron chi connectivity index (χ1n) is 5.29. The van der Waals surface area contributed by atoms with Gasteiger partial charge in [0.25, 0.3) is 10.1 Å². The smallest absolute Gasteiger partial charge is 0.282 e. The molecule has 2 aromatic rings. The minimum absolute atomic E-state index is 0.0489. The summed E-state index contributed by atoms with van der Waals surface area (Å²) in [6.45, 7) is 0. The lowest BCUT2D eigenvalue weighted by atomic mass is 10.4. The summed E-state index contributed by atoms with van der Waals surface area (Å²) in [7, 11) is -8.05. The maximum Gasteiger partial charge on any atom is 0.294 e. The number of halogens is 1. The van der Waals surface area contributed by atoms with Crippen LogP contribution in [0.3, 0.4) is 0 Å². The van der Waals surface area contributed by atoms with Gasteiger partial charge in [0.2, 0.25) is 9.84 Å². The summed E-state index contributed by atoms with van der Waals surface area (Å²) >= 11 is 3.21. The second-order valence-electron chi connectivity index (χ2n) is 3.90. The van der Waals surface area contributed by atoms with Crippen molar-refractivity contribution in [1.82, 2.24) is 0 Å². The Morgan fingerprint density at radius 3 is 1.45 bits per heavy atom. The molecule has 2 aromatic carbocycles. The molecule has 0 radical (unpaired) electrons. The van der Waals surface area contributed by atoms with E-state index < -0.39 is 20.0 Å². The highest BCUT2D eigenvalue weighted by atomic mass is 79.9. The van der Waals surface area contributed by atoms with Gasteiger partial charge in [-0.15, -0.1) is 0 Å². The lowest BCUT2D eigenvalue weighted by molar-refractivity contribution is 0.483. The van der Waals surface area contributed by atoms with Gasteiger partial charge in [-0.3, -0.25) is 4.55 Å². The van der Waals surface area contributed by atoms with Crippen LogP contribution in [0.2, 0.25) is 0 Å². The van der Waals surface area contributed by atoms with E-state index in [1.54, 1.807) is 12.1 Å². The van der Waals surface area contributed by atoms with Crippen molar-refractivity contribution >= 4 is 35.9 Å². The van der Waals surface area contributed by atoms with Crippen LogP contribution < -0.4 is 0 Å². The Balaban J connectivity index is 2.48. The zero-order chi connectivity index (χ0) is 15.0. The van der Waals surface area contributed by atoms with E-state index in [0.717, 1.165) is 28.7 Å². The van der Waals surface area contributed by atoms with E-state index >= 15 is 0 Å². The van der Waals surface area contributed by atoms with E-state index in [2.05, 4.69) is 15.9 Å². The molecule has 0 saturated heterocycles. The van der Waals surface area contributed by atoms with Gasteiger partial charge >= 0.3 is 0 Å². The molecule has 0 amide bonds. The van der Waals surface area contributed by atoms with E-state index in [4.69, 9.17) is 4.55 Å². The van der Waals surface area contributed by atoms with Gasteiger partial charge in [-0.05, 0) is 48.5 Å². The average Bonchev–Trinajstić information content (AvgIpc) is 2.38. The third kappa shape index (κ3) is 3.09. The molecule has 0 unspecified atom stereocenters. The van der Waals surface area contributed by atoms with Crippen LogP contribution in [0.15, 0.2) is 67.7 Å². The second kappa shape index (κ2) is 5.28. The summed E-state index contributed by atoms with van der Waals surface area (Å²) in [6, 6.07) is 10.4. The molecule has 1 N–H and O–H groups in total. The van der Waals surface area contributed by atoms with Gasteiger partial charge in [0.1, 0.15) is 0 Å². The Morgan fingerprint density at radius 2 is 1.05 bits per heavy atom. The molecule has 0 atom stereocenters. The van der Waals surface area contributed by atoms with Crippen LogP contribution in [-0.4, -0.2) is 21.4 Å². The molecule has 106 valence electrons. The first kappa shape index (κ1) is 15.2. The van der Waals surface area contributed by atoms with E-state index in [-0.39, 0.29) is 14.7 Å². The van der Waals surface area contributed by atoms with Crippen molar-refractivity contribution in [1.29, 1.82) is 0 Å². The first-order chi connectivity index (χ1) is 9.21. The molecule has 2 rings (SSSR count). The van der Waals surface area contributed by atoms with Gasteiger partial charge in [0.15, 0.2) is 0 Å². The second-order valence-corrected chi connectivity index (χ2v) is 8.19. The van der Waals surface area contributed by atoms with Gasteiger partial charge in [-0.25, -0.2) is 8.42 Å². The average molecular weight is 377 g/mol. The van der Waals surface area contributed by atoms with Crippen LogP contribution in [0, 0.1) is 0 Å². The predicted molar refractivity (Wildman–Crippen MR) is 75.9 cm³/mol. The van der Waals surface area contributed by atoms with Crippen molar-refractivity contribution in [3.8, 4) is 0 Å². The largest absolute Gasteiger partial charge is 0.294 e. The Labute approximate surface area is 125 Å². The normalized spacial score (nSPS) is 12.3. The zero-order valence-corrected chi connectivity index (χ0v) is 13.1. The number of hydrogen-bond donors (Lipinski definition) is 1. The number of sulfone groups is 1. The zero-order valence-electron chi connectivity index (χ0n) is 9.89. The number of rotatable bonds is 3. The third-order valence-corrected chi connectivity index (χ3v) is 5.74. The molecule has 0 aliphatic rings. The van der Waals surface area contributed by atoms with Crippen molar-refractivity contribution in [3.05, 3.63) is 53.0 Å². The molecule has 0 bridgehead atoms. The summed E-state index contributed by atoms with van der Waals surface area (Å²) in [6.07, 6.45) is 0. The maximum absolute atomic E-state index is 12.3. The molecule has 0 saturated carbocycles. The van der Waals surface area contributed by atoms with Crippen molar-refractivity contribution in [2.24, 2.45) is 0 Å². The molecule has 0 heterocycles. The fraction of sp³-hybridized carbons (Fsp3) is 0. The summed E-state index contributed by atoms with van der Waals surface area (Å²) in [5, 5.41) is 0. The van der Waals surface area contributed by atoms with Gasteiger partial charge in [-0.2, -0.15) is 8.42 Å². The van der Waals surface area contributed by atoms with Crippen molar-refractivity contribution < 1.29 is 21.4 Å². The van der Waals surface area contributed by atoms with Crippen molar-refractivity contribution in [2.75, 3.05) is 0 Å². The van der Waals surface area contributed by atoms with Gasteiger partial charge < -0.3 is 0 Å². The first-order valence-corrected chi connectivity index (χ1v) is 9.01. The van der Waals surface area contributed by atoms with E-state index in [1.807, 2.05) is 0 Å². The topological polar surface area (TPSA) is 88.5 Å². The Morgan fingerprint density at radius 1 is 0.700 bits per heavy atom. The highest BCUT2D eigenvalue weighted by Crippen LogP contribution is 2.23. The third-order valence-electron chi connectivity index (χ3n) is 2.56. The van der Waals surface area contributed by atoms with E-state index in [0.29, 0.717) is 0 Å². The van der Waals surface area contributed by atoms with E-state index in [9.17, 15) is 16.8 Å². The standard InChI is InChI=1S/C12H9BrO5S2/c13-9-1-3-10(4-2-9)19(14,15)11-5-7-12(8-6-11)20(16,17)18/h1-8H,(H,16,17,18). The Kier molecular flexibility index (Phi) is 4.01. The monoisotopic (exact) mass is 376 g/mol. The SMILES string of the molecule is O=S(=O)(O)c1ccc(S(=O)(=O)c2ccc(Br)cc2)cc1. The highest BCUT2D eigenvalue weighted by molar-refractivity contribution is 9.10. The molecule has 20 heavy (non-hydrogen) atoms. The lowest BCUT2D eigenvalue weighted by Crippen LogP contribution is -2.03. The van der Waals surface area contributed by atoms with Crippen molar-refractivity contribution in [3.63, 3.8) is 0 Å². The number of benzene rings is 2. The summed E-state index contributed by atoms with van der Waals surface area (Å²) in [5.41, 5.74) is 0. The van der Waals surface area contributed by atoms with Crippen LogP contribution in [0.4, 0.5) is 0 Å². The van der Waals surface area contributed by atoms with Gasteiger partial charge in [0.05, 0.1) is 14.7 Å². The molecule has 0 aliphatic carbocycles.